The molecule has 0 atom stereocenters. The topological polar surface area (TPSA) is 9.23 Å². The van der Waals surface area contributed by atoms with Crippen LogP contribution in [0.3, 0.4) is 0 Å². The predicted octanol–water partition coefficient (Wildman–Crippen LogP) is 0.695. The third kappa shape index (κ3) is 0.367. The van der Waals surface area contributed by atoms with Crippen LogP contribution in [0.4, 0.5) is 0 Å². The molecule has 1 heteroatoms. The Labute approximate surface area is 36.6 Å². The van der Waals surface area contributed by atoms with Gasteiger partial charge in [-0.3, -0.25) is 0 Å². The molecule has 1 rings (SSSR count). The fourth-order valence-corrected chi connectivity index (χ4v) is 0.225. The zero-order chi connectivity index (χ0) is 4.41. The van der Waals surface area contributed by atoms with Crippen molar-refractivity contribution in [3.8, 4) is 12.0 Å². The monoisotopic (exact) mass is 79.0 g/mol. The van der Waals surface area contributed by atoms with E-state index in [1.54, 1.807) is 0 Å². The Balaban J connectivity index is 2.68. The summed E-state index contributed by atoms with van der Waals surface area (Å²) in [5.74, 6) is 2.60. The van der Waals surface area contributed by atoms with Gasteiger partial charge in [-0.15, -0.1) is 0 Å². The minimum absolute atomic E-state index is 0.745. The van der Waals surface area contributed by atoms with Crippen LogP contribution in [0.1, 0.15) is 0 Å². The van der Waals surface area contributed by atoms with Gasteiger partial charge in [-0.25, -0.2) is 0 Å². The van der Waals surface area contributed by atoms with Gasteiger partial charge in [0.1, 0.15) is 6.11 Å². The van der Waals surface area contributed by atoms with E-state index in [0.29, 0.717) is 0 Å². The summed E-state index contributed by atoms with van der Waals surface area (Å²) in [6.07, 6.45) is 2.37. The van der Waals surface area contributed by atoms with Gasteiger partial charge in [0.15, 0.2) is 6.61 Å². The lowest BCUT2D eigenvalue weighted by molar-refractivity contribution is 0.399. The maximum atomic E-state index is 4.47. The van der Waals surface area contributed by atoms with Gasteiger partial charge in [0.05, 0.1) is 0 Å². The summed E-state index contributed by atoms with van der Waals surface area (Å²) < 4.78 is 4.47. The van der Waals surface area contributed by atoms with Gasteiger partial charge in [0.25, 0.3) is 0 Å². The van der Waals surface area contributed by atoms with E-state index in [1.807, 2.05) is 0 Å². The highest BCUT2D eigenvalue weighted by Gasteiger charge is 1.93. The van der Waals surface area contributed by atoms with Crippen molar-refractivity contribution in [2.45, 2.75) is 0 Å². The average Bonchev–Trinajstić information content (AvgIpc) is 1.86. The largest absolute Gasteiger partial charge is 0.433 e. The van der Waals surface area contributed by atoms with Gasteiger partial charge in [0.2, 0.25) is 0 Å². The van der Waals surface area contributed by atoms with Gasteiger partial charge in [-0.2, -0.15) is 0 Å². The quantitative estimate of drug-likeness (QED) is 0.388. The second-order valence-electron chi connectivity index (χ2n) is 0.988. The van der Waals surface area contributed by atoms with Crippen molar-refractivity contribution >= 4 is 0 Å². The lowest BCUT2D eigenvalue weighted by Crippen LogP contribution is -1.68. The van der Waals surface area contributed by atoms with Crippen molar-refractivity contribution in [2.24, 2.45) is 0 Å². The van der Waals surface area contributed by atoms with Gasteiger partial charge in [-0.05, 0) is 5.92 Å². The number of hydrogen-bond acceptors (Lipinski definition) is 1. The molecule has 0 unspecified atom stereocenters. The Hall–Kier alpha value is -0.900. The molecule has 0 aliphatic carbocycles. The van der Waals surface area contributed by atoms with Crippen LogP contribution in [-0.2, 0) is 4.74 Å². The van der Waals surface area contributed by atoms with Gasteiger partial charge in [-0.1, -0.05) is 6.58 Å². The molecule has 0 bridgehead atoms. The van der Waals surface area contributed by atoms with Crippen molar-refractivity contribution < 1.29 is 4.74 Å². The van der Waals surface area contributed by atoms with E-state index in [4.69, 9.17) is 0 Å². The molecule has 0 spiro atoms. The Morgan fingerprint density at radius 3 is 2.83 bits per heavy atom. The number of hydrogen-bond donors (Lipinski definition) is 0. The molecule has 1 nitrogen and oxygen atoms in total. The van der Waals surface area contributed by atoms with E-state index < -0.39 is 0 Å². The third-order valence-corrected chi connectivity index (χ3v) is 0.472. The van der Waals surface area contributed by atoms with Crippen LogP contribution in [0.2, 0.25) is 0 Å². The molecule has 1 heterocycles. The molecule has 1 aliphatic heterocycles. The Bertz CT molecular complexity index is 125. The highest BCUT2D eigenvalue weighted by atomic mass is 16.5. The van der Waals surface area contributed by atoms with Crippen LogP contribution in [-0.4, -0.2) is 0 Å². The summed E-state index contributed by atoms with van der Waals surface area (Å²) in [6.45, 7) is 4.99. The highest BCUT2D eigenvalue weighted by molar-refractivity contribution is 5.33. The minimum atomic E-state index is 0.745. The lowest BCUT2D eigenvalue weighted by Gasteiger charge is -1.78. The van der Waals surface area contributed by atoms with Crippen molar-refractivity contribution in [2.75, 3.05) is 0 Å². The van der Waals surface area contributed by atoms with Crippen LogP contribution < -0.4 is 0 Å². The molecule has 0 saturated carbocycles. The summed E-state index contributed by atoms with van der Waals surface area (Å²) in [5, 5.41) is 0. The maximum Gasteiger partial charge on any atom is 0.185 e. The summed E-state index contributed by atoms with van der Waals surface area (Å²) >= 11 is 0. The molecule has 0 fully saturated rings. The molecule has 1 radical (unpaired) electrons. The first-order chi connectivity index (χ1) is 2.89. The molecular formula is C5H3O. The van der Waals surface area contributed by atoms with E-state index in [2.05, 4.69) is 23.3 Å². The smallest absolute Gasteiger partial charge is 0.185 e. The fourth-order valence-electron chi connectivity index (χ4n) is 0.225. The predicted molar refractivity (Wildman–Crippen MR) is 22.3 cm³/mol. The van der Waals surface area contributed by atoms with Crippen LogP contribution in [0.25, 0.3) is 0 Å². The SMILES string of the molecule is C=C1C#CO[CH]1. The first-order valence-electron chi connectivity index (χ1n) is 1.58. The van der Waals surface area contributed by atoms with Crippen molar-refractivity contribution in [3.05, 3.63) is 18.8 Å². The fraction of sp³-hybridized carbons (Fsp3) is 0. The summed E-state index contributed by atoms with van der Waals surface area (Å²) in [6, 6.07) is 0. The van der Waals surface area contributed by atoms with E-state index in [-0.39, 0.29) is 0 Å². The van der Waals surface area contributed by atoms with Gasteiger partial charge >= 0.3 is 0 Å². The number of ether oxygens (including phenoxy) is 1. The Kier molecular flexibility index (Phi) is 0.582. The second-order valence-corrected chi connectivity index (χ2v) is 0.988. The van der Waals surface area contributed by atoms with Gasteiger partial charge < -0.3 is 4.74 Å². The Morgan fingerprint density at radius 1 is 1.83 bits per heavy atom. The molecule has 6 heavy (non-hydrogen) atoms. The molecule has 0 aromatic carbocycles. The molecular weight excluding hydrogens is 76.1 g/mol. The molecule has 0 aromatic heterocycles. The number of rotatable bonds is 0. The molecule has 1 aliphatic rings. The van der Waals surface area contributed by atoms with Crippen LogP contribution in [0.5, 0.6) is 0 Å². The normalized spacial score (nSPS) is 15.7. The van der Waals surface area contributed by atoms with Crippen molar-refractivity contribution in [3.63, 3.8) is 0 Å². The highest BCUT2D eigenvalue weighted by Crippen LogP contribution is 1.99. The van der Waals surface area contributed by atoms with Crippen LogP contribution in [0.15, 0.2) is 12.2 Å². The first-order valence-corrected chi connectivity index (χ1v) is 1.58. The summed E-state index contributed by atoms with van der Waals surface area (Å²) in [4.78, 5) is 0. The lowest BCUT2D eigenvalue weighted by atomic mass is 10.4. The zero-order valence-electron chi connectivity index (χ0n) is 3.19. The van der Waals surface area contributed by atoms with Gasteiger partial charge in [0, 0.05) is 5.57 Å². The summed E-state index contributed by atoms with van der Waals surface area (Å²) in [7, 11) is 0. The molecule has 0 aromatic rings. The van der Waals surface area contributed by atoms with Crippen molar-refractivity contribution in [1.82, 2.24) is 0 Å². The standard InChI is InChI=1S/C5H3O/c1-5-2-3-6-4-5/h4H,1H2. The average molecular weight is 79.1 g/mol. The second kappa shape index (κ2) is 1.06. The van der Waals surface area contributed by atoms with E-state index >= 15 is 0 Å². The van der Waals surface area contributed by atoms with E-state index in [9.17, 15) is 0 Å². The summed E-state index contributed by atoms with van der Waals surface area (Å²) in [5.41, 5.74) is 0.745. The molecule has 0 saturated heterocycles. The van der Waals surface area contributed by atoms with E-state index in [0.717, 1.165) is 5.57 Å². The van der Waals surface area contributed by atoms with Crippen molar-refractivity contribution in [1.29, 1.82) is 0 Å². The first kappa shape index (κ1) is 3.30. The van der Waals surface area contributed by atoms with E-state index in [1.165, 1.54) is 6.61 Å². The zero-order valence-corrected chi connectivity index (χ0v) is 3.19. The van der Waals surface area contributed by atoms with Crippen LogP contribution in [0, 0.1) is 18.6 Å². The third-order valence-electron chi connectivity index (χ3n) is 0.472. The minimum Gasteiger partial charge on any atom is -0.433 e. The van der Waals surface area contributed by atoms with Crippen LogP contribution >= 0.6 is 0 Å². The Morgan fingerprint density at radius 2 is 2.67 bits per heavy atom. The molecule has 0 amide bonds. The molecule has 0 N–H and O–H groups in total. The maximum absolute atomic E-state index is 4.47. The molecule has 29 valence electrons.